The van der Waals surface area contributed by atoms with Crippen molar-refractivity contribution < 1.29 is 103 Å². The molecule has 11 nitrogen and oxygen atoms in total. The number of carbonyl (C=O) groups is 4. The number of ether oxygens (including phenoxy) is 1. The van der Waals surface area contributed by atoms with Crippen LogP contribution in [0.25, 0.3) is 0 Å². The van der Waals surface area contributed by atoms with Crippen LogP contribution in [0.4, 0.5) is 74.6 Å². The molecule has 0 saturated heterocycles. The number of hydroxylamine groups is 2. The lowest BCUT2D eigenvalue weighted by molar-refractivity contribution is -0.461. The van der Waals surface area contributed by atoms with Gasteiger partial charge in [0.2, 0.25) is 5.91 Å². The minimum absolute atomic E-state index is 0.0127. The maximum atomic E-state index is 14.3. The lowest BCUT2D eigenvalue weighted by Gasteiger charge is -2.42. The summed E-state index contributed by atoms with van der Waals surface area (Å²) in [5.41, 5.74) is 5.91. The standard InChI is InChI=1S/C33H36F17N5O6/c1-54(2)25(51)53-14-8-9-18(22(57)52-13-6-3-7-15-61-55-23(58)19-10-4-5-11-20(19)24(55)59)17-21(56)60-16-12-26(34,35)27(36,37)28(38,39)29(40,41)30(42,43)31(44,45)32(46,47)33(48,49)50/h4-5,10-11,18H,3,6-9,12-17H2,1-2H3,(H2,51,53)(H,52,57)/t18-/m1/s1. The van der Waals surface area contributed by atoms with Crippen LogP contribution in [0.1, 0.15) is 65.7 Å². The molecule has 348 valence electrons. The van der Waals surface area contributed by atoms with E-state index in [-0.39, 0.29) is 62.5 Å². The zero-order valence-corrected chi connectivity index (χ0v) is 31.5. The number of imide groups is 1. The van der Waals surface area contributed by atoms with Crippen molar-refractivity contribution in [2.45, 2.75) is 92.6 Å². The summed E-state index contributed by atoms with van der Waals surface area (Å²) in [6.07, 6.45) is -11.4. The minimum Gasteiger partial charge on any atom is -0.465 e. The highest BCUT2D eigenvalue weighted by atomic mass is 19.4. The van der Waals surface area contributed by atoms with Crippen molar-refractivity contribution in [3.05, 3.63) is 35.4 Å². The number of rotatable bonds is 23. The number of halogens is 17. The summed E-state index contributed by atoms with van der Waals surface area (Å²) in [6, 6.07) is 5.94. The number of nitrogens with one attached hydrogen (secondary N) is 1. The van der Waals surface area contributed by atoms with E-state index in [0.29, 0.717) is 11.5 Å². The minimum atomic E-state index is -8.77. The molecule has 0 aromatic heterocycles. The summed E-state index contributed by atoms with van der Waals surface area (Å²) >= 11 is 0. The second-order valence-corrected chi connectivity index (χ2v) is 13.4. The first kappa shape index (κ1) is 52.5. The molecule has 0 saturated carbocycles. The topological polar surface area (TPSA) is 144 Å². The van der Waals surface area contributed by atoms with Gasteiger partial charge in [0, 0.05) is 33.1 Å². The monoisotopic (exact) mass is 921 g/mol. The van der Waals surface area contributed by atoms with Crippen LogP contribution in [0, 0.1) is 5.92 Å². The van der Waals surface area contributed by atoms with Crippen molar-refractivity contribution in [3.63, 3.8) is 0 Å². The Balaban J connectivity index is 2.05. The second kappa shape index (κ2) is 19.2. The fraction of sp³-hybridized carbons (Fsp3) is 0.667. The number of amides is 3. The second-order valence-electron chi connectivity index (χ2n) is 13.4. The molecule has 3 N–H and O–H groups in total. The van der Waals surface area contributed by atoms with Gasteiger partial charge in [-0.1, -0.05) is 12.1 Å². The molecule has 2 rings (SSSR count). The normalized spacial score (nSPS) is 15.5. The molecule has 0 unspecified atom stereocenters. The maximum absolute atomic E-state index is 14.3. The number of benzene rings is 1. The zero-order valence-electron chi connectivity index (χ0n) is 31.5. The molecule has 28 heteroatoms. The van der Waals surface area contributed by atoms with Gasteiger partial charge < -0.3 is 20.7 Å². The molecule has 1 aliphatic heterocycles. The molecule has 0 radical (unpaired) electrons. The highest BCUT2D eigenvalue weighted by Gasteiger charge is 2.95. The lowest BCUT2D eigenvalue weighted by atomic mass is 9.88. The van der Waals surface area contributed by atoms with E-state index in [1.165, 1.54) is 31.1 Å². The van der Waals surface area contributed by atoms with Crippen LogP contribution in [0.5, 0.6) is 0 Å². The molecule has 1 atom stereocenters. The molecule has 1 aromatic carbocycles. The predicted molar refractivity (Wildman–Crippen MR) is 174 cm³/mol. The molecule has 0 spiro atoms. The fourth-order valence-corrected chi connectivity index (χ4v) is 5.11. The van der Waals surface area contributed by atoms with Crippen LogP contribution in [-0.4, -0.2) is 128 Å². The van der Waals surface area contributed by atoms with Gasteiger partial charge in [0.1, 0.15) is 0 Å². The summed E-state index contributed by atoms with van der Waals surface area (Å²) in [7, 11) is 3.03. The molecular formula is C33H36F17N5O6. The zero-order chi connectivity index (χ0) is 47.2. The van der Waals surface area contributed by atoms with E-state index in [0.717, 1.165) is 0 Å². The van der Waals surface area contributed by atoms with Gasteiger partial charge >= 0.3 is 53.6 Å². The van der Waals surface area contributed by atoms with E-state index in [1.807, 2.05) is 0 Å². The van der Waals surface area contributed by atoms with Crippen LogP contribution in [-0.2, 0) is 19.2 Å². The quantitative estimate of drug-likeness (QED) is 0.0296. The van der Waals surface area contributed by atoms with E-state index in [2.05, 4.69) is 15.0 Å². The van der Waals surface area contributed by atoms with Gasteiger partial charge in [0.05, 0.1) is 37.2 Å². The Labute approximate surface area is 333 Å². The van der Waals surface area contributed by atoms with Crippen molar-refractivity contribution in [1.82, 2.24) is 15.3 Å². The van der Waals surface area contributed by atoms with E-state index in [4.69, 9.17) is 10.6 Å². The van der Waals surface area contributed by atoms with Crippen molar-refractivity contribution >= 4 is 29.7 Å². The van der Waals surface area contributed by atoms with E-state index >= 15 is 0 Å². The highest BCUT2D eigenvalue weighted by molar-refractivity contribution is 6.20. The molecule has 3 amide bonds. The first-order valence-electron chi connectivity index (χ1n) is 17.4. The molecular weight excluding hydrogens is 885 g/mol. The van der Waals surface area contributed by atoms with Crippen LogP contribution >= 0.6 is 0 Å². The number of aliphatic imine (C=N–C) groups is 1. The van der Waals surface area contributed by atoms with Gasteiger partial charge in [0.25, 0.3) is 11.8 Å². The summed E-state index contributed by atoms with van der Waals surface area (Å²) in [6.45, 7) is -2.43. The molecule has 1 aliphatic rings. The number of unbranched alkanes of at least 4 members (excludes halogenated alkanes) is 2. The van der Waals surface area contributed by atoms with Gasteiger partial charge in [-0.25, -0.2) is 0 Å². The van der Waals surface area contributed by atoms with Crippen LogP contribution < -0.4 is 11.1 Å². The Kier molecular flexibility index (Phi) is 16.5. The first-order chi connectivity index (χ1) is 27.7. The van der Waals surface area contributed by atoms with E-state index < -0.39 is 96.7 Å². The number of hydrogen-bond donors (Lipinski definition) is 2. The summed E-state index contributed by atoms with van der Waals surface area (Å²) in [5, 5.41) is 2.99. The molecule has 61 heavy (non-hydrogen) atoms. The number of carbonyl (C=O) groups excluding carboxylic acids is 4. The number of nitrogens with zero attached hydrogens (tertiary/aromatic N) is 3. The smallest absolute Gasteiger partial charge is 0.460 e. The van der Waals surface area contributed by atoms with Crippen LogP contribution in [0.15, 0.2) is 29.3 Å². The molecule has 1 heterocycles. The Hall–Kier alpha value is -4.66. The van der Waals surface area contributed by atoms with Crippen LogP contribution in [0.3, 0.4) is 0 Å². The maximum Gasteiger partial charge on any atom is 0.460 e. The Morgan fingerprint density at radius 1 is 0.721 bits per heavy atom. The fourth-order valence-electron chi connectivity index (χ4n) is 5.11. The van der Waals surface area contributed by atoms with Gasteiger partial charge in [0.15, 0.2) is 5.96 Å². The number of guanidine groups is 1. The predicted octanol–water partition coefficient (Wildman–Crippen LogP) is 7.11. The van der Waals surface area contributed by atoms with E-state index in [1.54, 1.807) is 12.1 Å². The van der Waals surface area contributed by atoms with Crippen molar-refractivity contribution in [2.24, 2.45) is 16.6 Å². The third-order valence-corrected chi connectivity index (χ3v) is 8.79. The average Bonchev–Trinajstić information content (AvgIpc) is 3.38. The van der Waals surface area contributed by atoms with Gasteiger partial charge in [-0.3, -0.25) is 29.0 Å². The summed E-state index contributed by atoms with van der Waals surface area (Å²) < 4.78 is 234. The van der Waals surface area contributed by atoms with Crippen LogP contribution in [0.2, 0.25) is 0 Å². The number of nitrogens with two attached hydrogens (primary N) is 1. The SMILES string of the molecule is CN(C)C(N)=NCCC[C@H](CC(=O)OCCC(F)(F)C(F)(F)C(F)(F)C(F)(F)C(F)(F)C(F)(F)C(F)(F)C(F)(F)F)C(=O)NCCCCCON1C(=O)c2ccccc2C1=O. The van der Waals surface area contributed by atoms with Gasteiger partial charge in [-0.2, -0.15) is 74.6 Å². The van der Waals surface area contributed by atoms with Crippen molar-refractivity contribution in [1.29, 1.82) is 0 Å². The number of fused-ring (bicyclic) bond motifs is 1. The lowest BCUT2D eigenvalue weighted by Crippen LogP contribution is -2.74. The number of alkyl halides is 17. The third-order valence-electron chi connectivity index (χ3n) is 8.79. The summed E-state index contributed by atoms with van der Waals surface area (Å²) in [5.74, 6) is -63.0. The molecule has 0 aliphatic carbocycles. The van der Waals surface area contributed by atoms with Gasteiger partial charge in [-0.05, 0) is 44.2 Å². The number of esters is 1. The largest absolute Gasteiger partial charge is 0.465 e. The van der Waals surface area contributed by atoms with Gasteiger partial charge in [-0.15, -0.1) is 5.06 Å². The highest BCUT2D eigenvalue weighted by Crippen LogP contribution is 2.64. The third kappa shape index (κ3) is 10.7. The van der Waals surface area contributed by atoms with Crippen molar-refractivity contribution in [3.8, 4) is 0 Å². The Bertz CT molecular complexity index is 1720. The molecule has 1 aromatic rings. The molecule has 0 bridgehead atoms. The average molecular weight is 922 g/mol. The number of hydrogen-bond acceptors (Lipinski definition) is 7. The molecule has 0 fully saturated rings. The Morgan fingerprint density at radius 3 is 1.70 bits per heavy atom. The Morgan fingerprint density at radius 2 is 1.21 bits per heavy atom. The first-order valence-corrected chi connectivity index (χ1v) is 17.4. The van der Waals surface area contributed by atoms with Crippen molar-refractivity contribution in [2.75, 3.05) is 40.4 Å². The van der Waals surface area contributed by atoms with E-state index in [9.17, 15) is 93.8 Å². The summed E-state index contributed by atoms with van der Waals surface area (Å²) in [4.78, 5) is 60.6.